The molecule has 0 aliphatic carbocycles. The molecule has 4 rings (SSSR count). The third-order valence-corrected chi connectivity index (χ3v) is 3.80. The molecule has 0 radical (unpaired) electrons. The van der Waals surface area contributed by atoms with Crippen molar-refractivity contribution in [2.45, 2.75) is 12.7 Å². The number of hydrogen-bond acceptors (Lipinski definition) is 7. The van der Waals surface area contributed by atoms with E-state index in [1.165, 1.54) is 0 Å². The monoisotopic (exact) mass is 339 g/mol. The number of nitrogens with zero attached hydrogens (tertiary/aromatic N) is 4. The third-order valence-electron chi connectivity index (χ3n) is 3.80. The van der Waals surface area contributed by atoms with Crippen molar-refractivity contribution in [2.75, 3.05) is 6.54 Å². The lowest BCUT2D eigenvalue weighted by atomic mass is 10.1. The third kappa shape index (κ3) is 3.11. The van der Waals surface area contributed by atoms with Gasteiger partial charge in [0.15, 0.2) is 11.6 Å². The van der Waals surface area contributed by atoms with E-state index >= 15 is 0 Å². The molecule has 128 valence electrons. The van der Waals surface area contributed by atoms with Gasteiger partial charge in [-0.05, 0) is 36.2 Å². The van der Waals surface area contributed by atoms with Gasteiger partial charge in [-0.15, -0.1) is 0 Å². The van der Waals surface area contributed by atoms with E-state index in [-0.39, 0.29) is 11.7 Å². The average Bonchev–Trinajstić information content (AvgIpc) is 3.26. The molecule has 0 saturated heterocycles. The van der Waals surface area contributed by atoms with Gasteiger partial charge < -0.3 is 20.6 Å². The van der Waals surface area contributed by atoms with E-state index in [9.17, 15) is 5.11 Å². The molecule has 2 aliphatic rings. The van der Waals surface area contributed by atoms with E-state index in [0.717, 1.165) is 12.0 Å². The van der Waals surface area contributed by atoms with Crippen LogP contribution in [0.1, 0.15) is 11.3 Å². The quantitative estimate of drug-likeness (QED) is 0.637. The summed E-state index contributed by atoms with van der Waals surface area (Å²) in [5.74, 6) is 2.16. The van der Waals surface area contributed by atoms with Gasteiger partial charge in [0.2, 0.25) is 18.2 Å². The largest absolute Gasteiger partial charge is 0.508 e. The Balaban J connectivity index is 1.43. The fourth-order valence-corrected chi connectivity index (χ4v) is 2.54. The SMILES string of the molecule is NC1=NC(=NCCc2ccc(O)cc2)NC2N=C(c3ccco3)NN12. The lowest BCUT2D eigenvalue weighted by Crippen LogP contribution is -2.58. The number of benzene rings is 1. The first kappa shape index (κ1) is 15.1. The topological polar surface area (TPSA) is 124 Å². The van der Waals surface area contributed by atoms with E-state index in [4.69, 9.17) is 10.2 Å². The Hall–Kier alpha value is -3.49. The molecule has 3 heterocycles. The fraction of sp³-hybridized carbons (Fsp3) is 0.188. The second kappa shape index (κ2) is 6.19. The Morgan fingerprint density at radius 2 is 2.12 bits per heavy atom. The smallest absolute Gasteiger partial charge is 0.224 e. The van der Waals surface area contributed by atoms with Gasteiger partial charge in [-0.2, -0.15) is 4.99 Å². The first-order valence-corrected chi connectivity index (χ1v) is 7.80. The van der Waals surface area contributed by atoms with Crippen LogP contribution in [0.3, 0.4) is 0 Å². The van der Waals surface area contributed by atoms with Crippen LogP contribution in [-0.2, 0) is 6.42 Å². The normalized spacial score (nSPS) is 20.6. The average molecular weight is 339 g/mol. The van der Waals surface area contributed by atoms with Crippen molar-refractivity contribution in [1.82, 2.24) is 15.8 Å². The number of hydrazine groups is 1. The highest BCUT2D eigenvalue weighted by molar-refractivity contribution is 6.03. The van der Waals surface area contributed by atoms with Crippen LogP contribution in [0.2, 0.25) is 0 Å². The number of aliphatic imine (C=N–C) groups is 3. The molecule has 2 aliphatic heterocycles. The van der Waals surface area contributed by atoms with Crippen LogP contribution in [0.25, 0.3) is 0 Å². The van der Waals surface area contributed by atoms with E-state index in [1.54, 1.807) is 29.5 Å². The fourth-order valence-electron chi connectivity index (χ4n) is 2.54. The Bertz CT molecular complexity index is 840. The standard InChI is InChI=1S/C16H17N7O2/c17-14-20-15(18-8-7-10-3-5-11(24)6-4-10)21-16-19-13(22-23(14)16)12-2-1-9-25-12/h1-6,9,16,24H,7-8H2,(H,19,22)(H3,17,18,20,21). The maximum atomic E-state index is 9.29. The molecule has 5 N–H and O–H groups in total. The number of nitrogens with two attached hydrogens (primary N) is 1. The lowest BCUT2D eigenvalue weighted by molar-refractivity contribution is 0.284. The number of furan rings is 1. The number of phenolic OH excluding ortho intramolecular Hbond substituents is 1. The molecule has 1 aromatic carbocycles. The molecule has 0 spiro atoms. The second-order valence-corrected chi connectivity index (χ2v) is 5.55. The van der Waals surface area contributed by atoms with Crippen molar-refractivity contribution in [3.63, 3.8) is 0 Å². The molecular weight excluding hydrogens is 322 g/mol. The summed E-state index contributed by atoms with van der Waals surface area (Å²) in [4.78, 5) is 13.2. The molecule has 25 heavy (non-hydrogen) atoms. The number of guanidine groups is 2. The summed E-state index contributed by atoms with van der Waals surface area (Å²) in [6.07, 6.45) is 1.89. The van der Waals surface area contributed by atoms with Crippen molar-refractivity contribution in [1.29, 1.82) is 0 Å². The van der Waals surface area contributed by atoms with Gasteiger partial charge in [-0.3, -0.25) is 10.4 Å². The molecule has 1 unspecified atom stereocenters. The Morgan fingerprint density at radius 1 is 1.28 bits per heavy atom. The van der Waals surface area contributed by atoms with Gasteiger partial charge in [-0.25, -0.2) is 10.0 Å². The number of nitrogens with one attached hydrogen (secondary N) is 2. The molecule has 0 bridgehead atoms. The maximum absolute atomic E-state index is 9.29. The van der Waals surface area contributed by atoms with Crippen LogP contribution in [0, 0.1) is 0 Å². The number of phenols is 1. The minimum absolute atomic E-state index is 0.250. The molecule has 2 aromatic rings. The summed E-state index contributed by atoms with van der Waals surface area (Å²) >= 11 is 0. The minimum atomic E-state index is -0.426. The number of hydrogen-bond donors (Lipinski definition) is 4. The van der Waals surface area contributed by atoms with Crippen LogP contribution in [0.4, 0.5) is 0 Å². The van der Waals surface area contributed by atoms with Gasteiger partial charge in [0.1, 0.15) is 5.75 Å². The Labute approximate surface area is 143 Å². The van der Waals surface area contributed by atoms with E-state index in [2.05, 4.69) is 25.7 Å². The zero-order valence-corrected chi connectivity index (χ0v) is 13.3. The van der Waals surface area contributed by atoms with Crippen LogP contribution in [-0.4, -0.2) is 40.7 Å². The van der Waals surface area contributed by atoms with Crippen molar-refractivity contribution >= 4 is 17.8 Å². The van der Waals surface area contributed by atoms with Crippen molar-refractivity contribution in [3.8, 4) is 5.75 Å². The van der Waals surface area contributed by atoms with Gasteiger partial charge in [0.25, 0.3) is 0 Å². The highest BCUT2D eigenvalue weighted by Gasteiger charge is 2.33. The number of fused-ring (bicyclic) bond motifs is 1. The molecule has 0 fully saturated rings. The van der Waals surface area contributed by atoms with Crippen LogP contribution in [0.5, 0.6) is 5.75 Å². The molecule has 0 amide bonds. The predicted octanol–water partition coefficient (Wildman–Crippen LogP) is 0.352. The zero-order valence-electron chi connectivity index (χ0n) is 13.3. The van der Waals surface area contributed by atoms with Gasteiger partial charge in [0, 0.05) is 6.54 Å². The number of rotatable bonds is 4. The van der Waals surface area contributed by atoms with Crippen molar-refractivity contribution in [3.05, 3.63) is 54.0 Å². The lowest BCUT2D eigenvalue weighted by Gasteiger charge is -2.28. The molecular formula is C16H17N7O2. The highest BCUT2D eigenvalue weighted by atomic mass is 16.3. The molecule has 1 atom stereocenters. The van der Waals surface area contributed by atoms with Crippen molar-refractivity contribution in [2.24, 2.45) is 20.7 Å². The summed E-state index contributed by atoms with van der Waals surface area (Å²) < 4.78 is 5.33. The molecule has 0 saturated carbocycles. The summed E-state index contributed by atoms with van der Waals surface area (Å²) in [6.45, 7) is 0.540. The van der Waals surface area contributed by atoms with Gasteiger partial charge in [0.05, 0.1) is 6.26 Å². The zero-order chi connectivity index (χ0) is 17.2. The Morgan fingerprint density at radius 3 is 2.88 bits per heavy atom. The maximum Gasteiger partial charge on any atom is 0.224 e. The van der Waals surface area contributed by atoms with Gasteiger partial charge >= 0.3 is 0 Å². The van der Waals surface area contributed by atoms with Crippen LogP contribution in [0.15, 0.2) is 62.1 Å². The Kier molecular flexibility index (Phi) is 3.73. The highest BCUT2D eigenvalue weighted by Crippen LogP contribution is 2.13. The summed E-state index contributed by atoms with van der Waals surface area (Å²) in [5.41, 5.74) is 10.1. The van der Waals surface area contributed by atoms with Gasteiger partial charge in [-0.1, -0.05) is 12.1 Å². The second-order valence-electron chi connectivity index (χ2n) is 5.55. The number of aromatic hydroxyl groups is 1. The minimum Gasteiger partial charge on any atom is -0.508 e. The van der Waals surface area contributed by atoms with Crippen molar-refractivity contribution < 1.29 is 9.52 Å². The summed E-state index contributed by atoms with van der Waals surface area (Å²) in [6, 6.07) is 10.6. The molecule has 9 heteroatoms. The van der Waals surface area contributed by atoms with Crippen LogP contribution < -0.4 is 16.5 Å². The summed E-state index contributed by atoms with van der Waals surface area (Å²) in [7, 11) is 0. The van der Waals surface area contributed by atoms with E-state index < -0.39 is 6.29 Å². The van der Waals surface area contributed by atoms with E-state index in [1.807, 2.05) is 18.2 Å². The summed E-state index contributed by atoms with van der Waals surface area (Å²) in [5, 5.41) is 14.0. The number of amidine groups is 1. The first-order chi connectivity index (χ1) is 12.2. The van der Waals surface area contributed by atoms with Crippen LogP contribution >= 0.6 is 0 Å². The van der Waals surface area contributed by atoms with E-state index in [0.29, 0.717) is 24.1 Å². The molecule has 9 nitrogen and oxygen atoms in total. The first-order valence-electron chi connectivity index (χ1n) is 7.80. The molecule has 1 aromatic heterocycles. The predicted molar refractivity (Wildman–Crippen MR) is 92.9 cm³/mol.